The lowest BCUT2D eigenvalue weighted by Gasteiger charge is -2.04. The summed E-state index contributed by atoms with van der Waals surface area (Å²) in [6, 6.07) is 9.24. The molecule has 0 heterocycles. The first kappa shape index (κ1) is 12.4. The molecule has 0 aliphatic heterocycles. The zero-order valence-electron chi connectivity index (χ0n) is 9.53. The minimum absolute atomic E-state index is 0.130. The van der Waals surface area contributed by atoms with Crippen molar-refractivity contribution < 1.29 is 9.53 Å². The van der Waals surface area contributed by atoms with Gasteiger partial charge >= 0.3 is 0 Å². The van der Waals surface area contributed by atoms with Gasteiger partial charge in [0.25, 0.3) is 0 Å². The Balaban J connectivity index is 2.29. The third-order valence-electron chi connectivity index (χ3n) is 2.22. The van der Waals surface area contributed by atoms with E-state index in [1.165, 1.54) is 0 Å². The molecule has 1 rings (SSSR count). The van der Waals surface area contributed by atoms with Crippen LogP contribution < -0.4 is 0 Å². The fourth-order valence-corrected chi connectivity index (χ4v) is 1.42. The molecule has 0 bridgehead atoms. The zero-order chi connectivity index (χ0) is 11.8. The van der Waals surface area contributed by atoms with Gasteiger partial charge < -0.3 is 4.74 Å². The van der Waals surface area contributed by atoms with Gasteiger partial charge in [-0.25, -0.2) is 0 Å². The highest BCUT2D eigenvalue weighted by atomic mass is 16.5. The van der Waals surface area contributed by atoms with E-state index < -0.39 is 0 Å². The molecule has 0 aliphatic carbocycles. The Bertz CT molecular complexity index is 346. The standard InChI is InChI=1S/C13H17NO2/c1-2-16-13(14)10-6-9-12(15)11-7-4-3-5-8-11/h3-5,7-8,14H,2,6,9-10H2,1H3. The number of hydrogen-bond donors (Lipinski definition) is 1. The van der Waals surface area contributed by atoms with E-state index in [-0.39, 0.29) is 11.7 Å². The highest BCUT2D eigenvalue weighted by Crippen LogP contribution is 2.07. The second-order valence-electron chi connectivity index (χ2n) is 3.50. The molecule has 0 amide bonds. The molecule has 0 aliphatic rings. The zero-order valence-corrected chi connectivity index (χ0v) is 9.53. The predicted molar refractivity (Wildman–Crippen MR) is 64.0 cm³/mol. The maximum atomic E-state index is 11.7. The Morgan fingerprint density at radius 1 is 1.25 bits per heavy atom. The molecule has 3 heteroatoms. The summed E-state index contributed by atoms with van der Waals surface area (Å²) in [5.41, 5.74) is 0.741. The van der Waals surface area contributed by atoms with Crippen molar-refractivity contribution in [1.82, 2.24) is 0 Å². The number of nitrogens with one attached hydrogen (secondary N) is 1. The Morgan fingerprint density at radius 3 is 2.56 bits per heavy atom. The van der Waals surface area contributed by atoms with Crippen LogP contribution >= 0.6 is 0 Å². The largest absolute Gasteiger partial charge is 0.481 e. The normalized spacial score (nSPS) is 9.81. The monoisotopic (exact) mass is 219 g/mol. The number of benzene rings is 1. The van der Waals surface area contributed by atoms with Gasteiger partial charge in [0.15, 0.2) is 11.7 Å². The predicted octanol–water partition coefficient (Wildman–Crippen LogP) is 3.05. The van der Waals surface area contributed by atoms with Gasteiger partial charge in [0.2, 0.25) is 0 Å². The molecular weight excluding hydrogens is 202 g/mol. The van der Waals surface area contributed by atoms with E-state index in [0.29, 0.717) is 25.9 Å². The molecule has 1 aromatic rings. The summed E-state index contributed by atoms with van der Waals surface area (Å²) in [6.45, 7) is 2.37. The SMILES string of the molecule is CCOC(=N)CCCC(=O)c1ccccc1. The highest BCUT2D eigenvalue weighted by molar-refractivity contribution is 5.96. The van der Waals surface area contributed by atoms with E-state index in [2.05, 4.69) is 0 Å². The van der Waals surface area contributed by atoms with E-state index in [9.17, 15) is 4.79 Å². The number of ketones is 1. The molecule has 16 heavy (non-hydrogen) atoms. The number of carbonyl (C=O) groups is 1. The molecule has 0 atom stereocenters. The summed E-state index contributed by atoms with van der Waals surface area (Å²) in [5, 5.41) is 7.40. The highest BCUT2D eigenvalue weighted by Gasteiger charge is 2.05. The molecule has 0 saturated heterocycles. The van der Waals surface area contributed by atoms with Gasteiger partial charge in [-0.3, -0.25) is 10.2 Å². The third kappa shape index (κ3) is 4.26. The Morgan fingerprint density at radius 2 is 1.94 bits per heavy atom. The van der Waals surface area contributed by atoms with Crippen molar-refractivity contribution in [2.75, 3.05) is 6.61 Å². The quantitative estimate of drug-likeness (QED) is 0.454. The maximum Gasteiger partial charge on any atom is 0.180 e. The molecule has 0 saturated carbocycles. The number of Topliss-reactive ketones (excluding diaryl/α,β-unsaturated/α-hetero) is 1. The fraction of sp³-hybridized carbons (Fsp3) is 0.385. The lowest BCUT2D eigenvalue weighted by Crippen LogP contribution is -2.05. The van der Waals surface area contributed by atoms with Crippen LogP contribution in [0.25, 0.3) is 0 Å². The molecule has 1 N–H and O–H groups in total. The third-order valence-corrected chi connectivity index (χ3v) is 2.22. The Labute approximate surface area is 95.9 Å². The molecule has 0 fully saturated rings. The van der Waals surface area contributed by atoms with Gasteiger partial charge in [-0.05, 0) is 13.3 Å². The smallest absolute Gasteiger partial charge is 0.180 e. The Kier molecular flexibility index (Phi) is 5.26. The maximum absolute atomic E-state index is 11.7. The van der Waals surface area contributed by atoms with E-state index in [0.717, 1.165) is 5.56 Å². The van der Waals surface area contributed by atoms with Crippen molar-refractivity contribution >= 4 is 11.7 Å². The lowest BCUT2D eigenvalue weighted by atomic mass is 10.1. The minimum atomic E-state index is 0.130. The van der Waals surface area contributed by atoms with Gasteiger partial charge in [-0.2, -0.15) is 0 Å². The van der Waals surface area contributed by atoms with Gasteiger partial charge in [-0.15, -0.1) is 0 Å². The average molecular weight is 219 g/mol. The molecule has 1 aromatic carbocycles. The topological polar surface area (TPSA) is 50.1 Å². The van der Waals surface area contributed by atoms with Gasteiger partial charge in [0.1, 0.15) is 0 Å². The van der Waals surface area contributed by atoms with Crippen LogP contribution in [0, 0.1) is 5.41 Å². The second kappa shape index (κ2) is 6.77. The van der Waals surface area contributed by atoms with Crippen molar-refractivity contribution in [3.63, 3.8) is 0 Å². The first-order valence-electron chi connectivity index (χ1n) is 5.52. The van der Waals surface area contributed by atoms with E-state index in [1.807, 2.05) is 37.3 Å². The van der Waals surface area contributed by atoms with Crippen LogP contribution in [0.2, 0.25) is 0 Å². The summed E-state index contributed by atoms with van der Waals surface area (Å²) in [7, 11) is 0. The number of rotatable bonds is 6. The van der Waals surface area contributed by atoms with Crippen LogP contribution in [-0.2, 0) is 4.74 Å². The van der Waals surface area contributed by atoms with Crippen LogP contribution in [0.3, 0.4) is 0 Å². The molecule has 0 aromatic heterocycles. The molecule has 0 spiro atoms. The first-order valence-corrected chi connectivity index (χ1v) is 5.52. The molecular formula is C13H17NO2. The lowest BCUT2D eigenvalue weighted by molar-refractivity contribution is 0.0980. The van der Waals surface area contributed by atoms with Crippen LogP contribution in [0.1, 0.15) is 36.5 Å². The van der Waals surface area contributed by atoms with E-state index in [1.54, 1.807) is 0 Å². The number of ether oxygens (including phenoxy) is 1. The Hall–Kier alpha value is -1.64. The van der Waals surface area contributed by atoms with Crippen molar-refractivity contribution in [1.29, 1.82) is 5.41 Å². The van der Waals surface area contributed by atoms with Crippen LogP contribution in [0.15, 0.2) is 30.3 Å². The minimum Gasteiger partial charge on any atom is -0.481 e. The number of carbonyl (C=O) groups excluding carboxylic acids is 1. The summed E-state index contributed by atoms with van der Waals surface area (Å²) >= 11 is 0. The summed E-state index contributed by atoms with van der Waals surface area (Å²) in [4.78, 5) is 11.7. The van der Waals surface area contributed by atoms with Crippen LogP contribution in [0.4, 0.5) is 0 Å². The van der Waals surface area contributed by atoms with Crippen LogP contribution in [0.5, 0.6) is 0 Å². The summed E-state index contributed by atoms with van der Waals surface area (Å²) in [6.07, 6.45) is 1.68. The first-order chi connectivity index (χ1) is 7.74. The van der Waals surface area contributed by atoms with E-state index in [4.69, 9.17) is 10.1 Å². The number of hydrogen-bond acceptors (Lipinski definition) is 3. The van der Waals surface area contributed by atoms with Crippen LogP contribution in [-0.4, -0.2) is 18.3 Å². The van der Waals surface area contributed by atoms with Gasteiger partial charge in [-0.1, -0.05) is 30.3 Å². The van der Waals surface area contributed by atoms with E-state index >= 15 is 0 Å². The van der Waals surface area contributed by atoms with Crippen molar-refractivity contribution in [2.45, 2.75) is 26.2 Å². The fourth-order valence-electron chi connectivity index (χ4n) is 1.42. The van der Waals surface area contributed by atoms with Gasteiger partial charge in [0, 0.05) is 18.4 Å². The molecule has 86 valence electrons. The summed E-state index contributed by atoms with van der Waals surface area (Å²) < 4.78 is 5.00. The molecule has 0 radical (unpaired) electrons. The average Bonchev–Trinajstić information content (AvgIpc) is 2.30. The molecule has 0 unspecified atom stereocenters. The molecule has 3 nitrogen and oxygen atoms in total. The van der Waals surface area contributed by atoms with Crippen molar-refractivity contribution in [3.05, 3.63) is 35.9 Å². The van der Waals surface area contributed by atoms with Gasteiger partial charge in [0.05, 0.1) is 6.61 Å². The van der Waals surface area contributed by atoms with Crippen molar-refractivity contribution in [2.24, 2.45) is 0 Å². The summed E-state index contributed by atoms with van der Waals surface area (Å²) in [5.74, 6) is 0.397. The van der Waals surface area contributed by atoms with Crippen molar-refractivity contribution in [3.8, 4) is 0 Å². The second-order valence-corrected chi connectivity index (χ2v) is 3.50.